The number of benzene rings is 1. The molecule has 1 saturated heterocycles. The van der Waals surface area contributed by atoms with Gasteiger partial charge in [0.05, 0.1) is 11.9 Å². The van der Waals surface area contributed by atoms with Gasteiger partial charge in [0, 0.05) is 31.2 Å². The minimum atomic E-state index is -3.41. The average Bonchev–Trinajstić information content (AvgIpc) is 2.67. The van der Waals surface area contributed by atoms with Crippen molar-refractivity contribution in [2.75, 3.05) is 24.5 Å². The fourth-order valence-corrected chi connectivity index (χ4v) is 3.96. The fraction of sp³-hybridized carbons (Fsp3) is 0.350. The maximum Gasteiger partial charge on any atom is 0.233 e. The van der Waals surface area contributed by atoms with Crippen LogP contribution in [0.5, 0.6) is 0 Å². The fourth-order valence-electron chi connectivity index (χ4n) is 3.06. The second-order valence-corrected chi connectivity index (χ2v) is 8.40. The lowest BCUT2D eigenvalue weighted by Crippen LogP contribution is -2.38. The van der Waals surface area contributed by atoms with Gasteiger partial charge in [-0.05, 0) is 49.5 Å². The van der Waals surface area contributed by atoms with Crippen molar-refractivity contribution < 1.29 is 8.42 Å². The van der Waals surface area contributed by atoms with E-state index in [1.54, 1.807) is 12.3 Å². The molecule has 1 aromatic heterocycles. The second-order valence-electron chi connectivity index (χ2n) is 6.75. The Bertz CT molecular complexity index is 825. The Morgan fingerprint density at radius 1 is 1.19 bits per heavy atom. The standard InChI is InChI=1S/C20H25N3O2S/c1-17-4-6-18(7-5-17)10-14-26(24,25)22-15-19-8-12-23(13-9-19)20-3-2-11-21-16-20/h2-7,10-11,14,16,19,22H,8-9,12-13,15H2,1H3/b14-10+. The summed E-state index contributed by atoms with van der Waals surface area (Å²) in [7, 11) is -3.41. The number of piperidine rings is 1. The van der Waals surface area contributed by atoms with Crippen LogP contribution in [-0.4, -0.2) is 33.0 Å². The highest BCUT2D eigenvalue weighted by Gasteiger charge is 2.20. The average molecular weight is 372 g/mol. The van der Waals surface area contributed by atoms with Gasteiger partial charge in [0.15, 0.2) is 0 Å². The smallest absolute Gasteiger partial charge is 0.233 e. The highest BCUT2D eigenvalue weighted by atomic mass is 32.2. The van der Waals surface area contributed by atoms with Crippen molar-refractivity contribution in [3.63, 3.8) is 0 Å². The molecule has 6 heteroatoms. The number of rotatable bonds is 6. The van der Waals surface area contributed by atoms with Gasteiger partial charge in [-0.1, -0.05) is 29.8 Å². The molecule has 0 saturated carbocycles. The summed E-state index contributed by atoms with van der Waals surface area (Å²) in [5, 5.41) is 1.25. The normalized spacial score (nSPS) is 16.3. The zero-order chi connectivity index (χ0) is 18.4. The minimum absolute atomic E-state index is 0.366. The predicted molar refractivity (Wildman–Crippen MR) is 106 cm³/mol. The maximum absolute atomic E-state index is 12.2. The van der Waals surface area contributed by atoms with Crippen molar-refractivity contribution in [1.29, 1.82) is 0 Å². The summed E-state index contributed by atoms with van der Waals surface area (Å²) in [6, 6.07) is 11.8. The van der Waals surface area contributed by atoms with Gasteiger partial charge < -0.3 is 4.90 Å². The van der Waals surface area contributed by atoms with E-state index in [2.05, 4.69) is 20.7 Å². The van der Waals surface area contributed by atoms with E-state index >= 15 is 0 Å². The lowest BCUT2D eigenvalue weighted by Gasteiger charge is -2.33. The van der Waals surface area contributed by atoms with Crippen molar-refractivity contribution >= 4 is 21.8 Å². The Balaban J connectivity index is 1.47. The molecule has 26 heavy (non-hydrogen) atoms. The van der Waals surface area contributed by atoms with Gasteiger partial charge >= 0.3 is 0 Å². The molecule has 3 rings (SSSR count). The first-order chi connectivity index (χ1) is 12.5. The zero-order valence-electron chi connectivity index (χ0n) is 15.0. The SMILES string of the molecule is Cc1ccc(/C=C/S(=O)(=O)NCC2CCN(c3cccnc3)CC2)cc1. The molecule has 1 aliphatic rings. The summed E-state index contributed by atoms with van der Waals surface area (Å²) in [5.41, 5.74) is 3.17. The molecule has 0 unspecified atom stereocenters. The number of aromatic nitrogens is 1. The molecule has 138 valence electrons. The molecule has 1 aromatic carbocycles. The Hall–Kier alpha value is -2.18. The molecule has 0 bridgehead atoms. The van der Waals surface area contributed by atoms with Gasteiger partial charge in [0.2, 0.25) is 10.0 Å². The van der Waals surface area contributed by atoms with Crippen LogP contribution in [0.3, 0.4) is 0 Å². The third-order valence-electron chi connectivity index (χ3n) is 4.72. The van der Waals surface area contributed by atoms with Crippen molar-refractivity contribution in [3.8, 4) is 0 Å². The highest BCUT2D eigenvalue weighted by molar-refractivity contribution is 7.92. The van der Waals surface area contributed by atoms with E-state index in [1.807, 2.05) is 43.5 Å². The van der Waals surface area contributed by atoms with Crippen LogP contribution in [0.1, 0.15) is 24.0 Å². The summed E-state index contributed by atoms with van der Waals surface area (Å²) in [6.45, 7) is 4.35. The molecule has 1 fully saturated rings. The first-order valence-corrected chi connectivity index (χ1v) is 10.5. The van der Waals surface area contributed by atoms with Gasteiger partial charge in [0.25, 0.3) is 0 Å². The van der Waals surface area contributed by atoms with E-state index in [0.29, 0.717) is 12.5 Å². The number of hydrogen-bond donors (Lipinski definition) is 1. The van der Waals surface area contributed by atoms with Gasteiger partial charge in [-0.2, -0.15) is 0 Å². The number of aryl methyl sites for hydroxylation is 1. The Morgan fingerprint density at radius 3 is 2.58 bits per heavy atom. The van der Waals surface area contributed by atoms with Crippen LogP contribution in [0.4, 0.5) is 5.69 Å². The molecule has 0 atom stereocenters. The van der Waals surface area contributed by atoms with Gasteiger partial charge in [0.1, 0.15) is 0 Å². The molecule has 2 aromatic rings. The van der Waals surface area contributed by atoms with E-state index in [1.165, 1.54) is 5.41 Å². The quantitative estimate of drug-likeness (QED) is 0.847. The second kappa shape index (κ2) is 8.47. The van der Waals surface area contributed by atoms with Crippen LogP contribution >= 0.6 is 0 Å². The van der Waals surface area contributed by atoms with Crippen LogP contribution in [0.2, 0.25) is 0 Å². The Labute approximate surface area is 155 Å². The van der Waals surface area contributed by atoms with Crippen LogP contribution in [0, 0.1) is 12.8 Å². The molecule has 0 amide bonds. The monoisotopic (exact) mass is 371 g/mol. The maximum atomic E-state index is 12.2. The summed E-state index contributed by atoms with van der Waals surface area (Å²) >= 11 is 0. The molecular weight excluding hydrogens is 346 g/mol. The molecule has 5 nitrogen and oxygen atoms in total. The van der Waals surface area contributed by atoms with Gasteiger partial charge in [-0.15, -0.1) is 0 Å². The predicted octanol–water partition coefficient (Wildman–Crippen LogP) is 3.20. The number of hydrogen-bond acceptors (Lipinski definition) is 4. The number of sulfonamides is 1. The summed E-state index contributed by atoms with van der Waals surface area (Å²) in [5.74, 6) is 0.366. The molecule has 0 spiro atoms. The minimum Gasteiger partial charge on any atom is -0.370 e. The summed E-state index contributed by atoms with van der Waals surface area (Å²) in [4.78, 5) is 6.46. The molecule has 1 N–H and O–H groups in total. The van der Waals surface area contributed by atoms with E-state index in [9.17, 15) is 8.42 Å². The third kappa shape index (κ3) is 5.41. The first-order valence-electron chi connectivity index (χ1n) is 8.91. The highest BCUT2D eigenvalue weighted by Crippen LogP contribution is 2.22. The molecule has 0 aliphatic carbocycles. The zero-order valence-corrected chi connectivity index (χ0v) is 15.8. The molecule has 2 heterocycles. The molecule has 0 radical (unpaired) electrons. The largest absolute Gasteiger partial charge is 0.370 e. The number of anilines is 1. The third-order valence-corrected chi connectivity index (χ3v) is 5.78. The summed E-state index contributed by atoms with van der Waals surface area (Å²) in [6.07, 6.45) is 7.22. The van der Waals surface area contributed by atoms with E-state index in [4.69, 9.17) is 0 Å². The van der Waals surface area contributed by atoms with Crippen LogP contribution in [0.15, 0.2) is 54.2 Å². The molecular formula is C20H25N3O2S. The van der Waals surface area contributed by atoms with E-state index in [0.717, 1.165) is 42.7 Å². The number of pyridine rings is 1. The lowest BCUT2D eigenvalue weighted by atomic mass is 9.97. The van der Waals surface area contributed by atoms with Crippen LogP contribution in [0.25, 0.3) is 6.08 Å². The summed E-state index contributed by atoms with van der Waals surface area (Å²) < 4.78 is 27.1. The van der Waals surface area contributed by atoms with Crippen molar-refractivity contribution in [2.45, 2.75) is 19.8 Å². The Kier molecular flexibility index (Phi) is 6.06. The van der Waals surface area contributed by atoms with Gasteiger partial charge in [-0.25, -0.2) is 13.1 Å². The van der Waals surface area contributed by atoms with E-state index in [-0.39, 0.29) is 0 Å². The Morgan fingerprint density at radius 2 is 1.92 bits per heavy atom. The van der Waals surface area contributed by atoms with Crippen molar-refractivity contribution in [2.24, 2.45) is 5.92 Å². The number of nitrogens with zero attached hydrogens (tertiary/aromatic N) is 2. The van der Waals surface area contributed by atoms with Crippen LogP contribution < -0.4 is 9.62 Å². The van der Waals surface area contributed by atoms with Crippen LogP contribution in [-0.2, 0) is 10.0 Å². The van der Waals surface area contributed by atoms with Crippen molar-refractivity contribution in [3.05, 3.63) is 65.3 Å². The van der Waals surface area contributed by atoms with Gasteiger partial charge in [-0.3, -0.25) is 4.98 Å². The lowest BCUT2D eigenvalue weighted by molar-refractivity contribution is 0.402. The van der Waals surface area contributed by atoms with Crippen molar-refractivity contribution in [1.82, 2.24) is 9.71 Å². The number of nitrogens with one attached hydrogen (secondary N) is 1. The first kappa shape index (κ1) is 18.6. The topological polar surface area (TPSA) is 62.3 Å². The molecule has 1 aliphatic heterocycles. The van der Waals surface area contributed by atoms with E-state index < -0.39 is 10.0 Å².